The zero-order valence-corrected chi connectivity index (χ0v) is 14.1. The molecule has 0 aliphatic heterocycles. The molecule has 2 aliphatic rings. The molecule has 1 N–H and O–H groups in total. The average molecular weight is 301 g/mol. The summed E-state index contributed by atoms with van der Waals surface area (Å²) in [6.07, 6.45) is 8.21. The summed E-state index contributed by atoms with van der Waals surface area (Å²) in [5.74, 6) is 1.17. The minimum atomic E-state index is -2.98. The fourth-order valence-corrected chi connectivity index (χ4v) is 6.83. The second-order valence-corrected chi connectivity index (χ2v) is 9.55. The van der Waals surface area contributed by atoms with Crippen molar-refractivity contribution in [3.8, 4) is 0 Å². The van der Waals surface area contributed by atoms with Crippen LogP contribution in [0.3, 0.4) is 0 Å². The van der Waals surface area contributed by atoms with Gasteiger partial charge in [0.15, 0.2) is 9.84 Å². The van der Waals surface area contributed by atoms with Crippen molar-refractivity contribution in [2.24, 2.45) is 11.8 Å². The number of hydrogen-bond donors (Lipinski definition) is 1. The predicted octanol–water partition coefficient (Wildman–Crippen LogP) is 3.15. The van der Waals surface area contributed by atoms with Crippen LogP contribution >= 0.6 is 0 Å². The molecule has 0 saturated heterocycles. The maximum absolute atomic E-state index is 13.0. The fourth-order valence-electron chi connectivity index (χ4n) is 4.10. The van der Waals surface area contributed by atoms with E-state index in [-0.39, 0.29) is 16.5 Å². The first-order chi connectivity index (χ1) is 9.46. The van der Waals surface area contributed by atoms with Crippen LogP contribution < -0.4 is 5.32 Å². The largest absolute Gasteiger partial charge is 0.316 e. The summed E-state index contributed by atoms with van der Waals surface area (Å²) in [6, 6.07) is 0.164. The van der Waals surface area contributed by atoms with Gasteiger partial charge in [0.05, 0.1) is 10.5 Å². The Morgan fingerprint density at radius 1 is 1.00 bits per heavy atom. The van der Waals surface area contributed by atoms with Crippen LogP contribution in [0.4, 0.5) is 0 Å². The highest BCUT2D eigenvalue weighted by atomic mass is 32.2. The molecule has 0 aromatic carbocycles. The lowest BCUT2D eigenvalue weighted by molar-refractivity contribution is 0.245. The van der Waals surface area contributed by atoms with Gasteiger partial charge in [-0.3, -0.25) is 0 Å². The summed E-state index contributed by atoms with van der Waals surface area (Å²) in [4.78, 5) is 0. The van der Waals surface area contributed by atoms with E-state index in [1.54, 1.807) is 0 Å². The van der Waals surface area contributed by atoms with Gasteiger partial charge in [-0.1, -0.05) is 33.1 Å². The van der Waals surface area contributed by atoms with E-state index >= 15 is 0 Å². The highest BCUT2D eigenvalue weighted by molar-refractivity contribution is 7.92. The molecule has 2 fully saturated rings. The number of rotatable bonds is 4. The summed E-state index contributed by atoms with van der Waals surface area (Å²) >= 11 is 0. The van der Waals surface area contributed by atoms with Gasteiger partial charge in [-0.2, -0.15) is 0 Å². The molecule has 4 heteroatoms. The Labute approximate surface area is 124 Å². The van der Waals surface area contributed by atoms with Crippen molar-refractivity contribution in [1.29, 1.82) is 0 Å². The second kappa shape index (κ2) is 6.78. The average Bonchev–Trinajstić information content (AvgIpc) is 2.47. The monoisotopic (exact) mass is 301 g/mol. The molecule has 0 aromatic rings. The van der Waals surface area contributed by atoms with Crippen LogP contribution in [0.1, 0.15) is 65.2 Å². The van der Waals surface area contributed by atoms with Crippen molar-refractivity contribution in [2.75, 3.05) is 7.05 Å². The van der Waals surface area contributed by atoms with E-state index in [1.165, 1.54) is 12.8 Å². The topological polar surface area (TPSA) is 46.2 Å². The van der Waals surface area contributed by atoms with Crippen molar-refractivity contribution in [3.63, 3.8) is 0 Å². The Balaban J connectivity index is 2.16. The maximum atomic E-state index is 13.0. The van der Waals surface area contributed by atoms with E-state index in [4.69, 9.17) is 0 Å². The smallest absolute Gasteiger partial charge is 0.157 e. The molecular weight excluding hydrogens is 270 g/mol. The highest BCUT2D eigenvalue weighted by Crippen LogP contribution is 2.37. The van der Waals surface area contributed by atoms with Gasteiger partial charge in [-0.25, -0.2) is 8.42 Å². The minimum absolute atomic E-state index is 0.0667. The number of sulfone groups is 1. The van der Waals surface area contributed by atoms with Gasteiger partial charge in [0.25, 0.3) is 0 Å². The van der Waals surface area contributed by atoms with Crippen LogP contribution in [0.5, 0.6) is 0 Å². The van der Waals surface area contributed by atoms with E-state index in [9.17, 15) is 8.42 Å². The Morgan fingerprint density at radius 3 is 2.20 bits per heavy atom. The summed E-state index contributed by atoms with van der Waals surface area (Å²) in [5.41, 5.74) is 0. The first-order valence-corrected chi connectivity index (χ1v) is 9.97. The molecule has 0 spiro atoms. The van der Waals surface area contributed by atoms with Gasteiger partial charge in [-0.15, -0.1) is 0 Å². The van der Waals surface area contributed by atoms with Gasteiger partial charge >= 0.3 is 0 Å². The molecule has 0 heterocycles. The third-order valence-electron chi connectivity index (χ3n) is 5.58. The standard InChI is InChI=1S/C16H31NO2S/c1-12(2)13-9-10-15(17-3)16(11-13)20(18,19)14-7-5-4-6-8-14/h12-17H,4-11H2,1-3H3. The predicted molar refractivity (Wildman–Crippen MR) is 84.6 cm³/mol. The summed E-state index contributed by atoms with van der Waals surface area (Å²) in [5, 5.41) is 3.06. The first-order valence-electron chi connectivity index (χ1n) is 8.36. The number of hydrogen-bond acceptors (Lipinski definition) is 3. The molecule has 3 unspecified atom stereocenters. The van der Waals surface area contributed by atoms with Crippen molar-refractivity contribution < 1.29 is 8.42 Å². The molecule has 0 bridgehead atoms. The van der Waals surface area contributed by atoms with Crippen LogP contribution in [-0.4, -0.2) is 32.0 Å². The molecule has 0 amide bonds. The van der Waals surface area contributed by atoms with Crippen molar-refractivity contribution in [1.82, 2.24) is 5.32 Å². The SMILES string of the molecule is CNC1CCC(C(C)C)CC1S(=O)(=O)C1CCCCC1. The van der Waals surface area contributed by atoms with E-state index < -0.39 is 9.84 Å². The van der Waals surface area contributed by atoms with E-state index in [0.717, 1.165) is 38.5 Å². The van der Waals surface area contributed by atoms with Gasteiger partial charge in [-0.05, 0) is 51.0 Å². The van der Waals surface area contributed by atoms with Crippen LogP contribution in [0, 0.1) is 11.8 Å². The Kier molecular flexibility index (Phi) is 5.52. The molecule has 118 valence electrons. The van der Waals surface area contributed by atoms with Crippen LogP contribution in [0.2, 0.25) is 0 Å². The molecule has 2 aliphatic carbocycles. The van der Waals surface area contributed by atoms with Crippen LogP contribution in [0.25, 0.3) is 0 Å². The van der Waals surface area contributed by atoms with Crippen LogP contribution in [-0.2, 0) is 9.84 Å². The Morgan fingerprint density at radius 2 is 1.65 bits per heavy atom. The fraction of sp³-hybridized carbons (Fsp3) is 1.00. The van der Waals surface area contributed by atoms with Gasteiger partial charge in [0, 0.05) is 6.04 Å². The maximum Gasteiger partial charge on any atom is 0.157 e. The lowest BCUT2D eigenvalue weighted by Crippen LogP contribution is -2.50. The molecular formula is C16H31NO2S. The summed E-state index contributed by atoms with van der Waals surface area (Å²) in [6.45, 7) is 4.46. The highest BCUT2D eigenvalue weighted by Gasteiger charge is 2.42. The summed E-state index contributed by atoms with van der Waals surface area (Å²) in [7, 11) is -1.05. The lowest BCUT2D eigenvalue weighted by atomic mass is 9.79. The second-order valence-electron chi connectivity index (χ2n) is 7.10. The van der Waals surface area contributed by atoms with Gasteiger partial charge in [0.2, 0.25) is 0 Å². The molecule has 3 atom stereocenters. The van der Waals surface area contributed by atoms with Crippen molar-refractivity contribution >= 4 is 9.84 Å². The molecule has 2 saturated carbocycles. The van der Waals surface area contributed by atoms with Crippen LogP contribution in [0.15, 0.2) is 0 Å². The molecule has 0 radical (unpaired) electrons. The van der Waals surface area contributed by atoms with Crippen molar-refractivity contribution in [2.45, 2.75) is 81.8 Å². The summed E-state index contributed by atoms with van der Waals surface area (Å²) < 4.78 is 26.1. The molecule has 20 heavy (non-hydrogen) atoms. The Hall–Kier alpha value is -0.0900. The lowest BCUT2D eigenvalue weighted by Gasteiger charge is -2.39. The third-order valence-corrected chi connectivity index (χ3v) is 8.35. The third kappa shape index (κ3) is 3.38. The molecule has 3 nitrogen and oxygen atoms in total. The Bertz CT molecular complexity index is 399. The van der Waals surface area contributed by atoms with E-state index in [2.05, 4.69) is 19.2 Å². The van der Waals surface area contributed by atoms with E-state index in [1.807, 2.05) is 7.05 Å². The number of nitrogens with one attached hydrogen (secondary N) is 1. The van der Waals surface area contributed by atoms with E-state index in [0.29, 0.717) is 11.8 Å². The minimum Gasteiger partial charge on any atom is -0.316 e. The molecule has 2 rings (SSSR count). The molecule has 0 aromatic heterocycles. The quantitative estimate of drug-likeness (QED) is 0.867. The normalized spacial score (nSPS) is 33.5. The first kappa shape index (κ1) is 16.3. The van der Waals surface area contributed by atoms with Gasteiger partial charge in [0.1, 0.15) is 0 Å². The van der Waals surface area contributed by atoms with Crippen molar-refractivity contribution in [3.05, 3.63) is 0 Å². The zero-order chi connectivity index (χ0) is 14.8. The zero-order valence-electron chi connectivity index (χ0n) is 13.3. The van der Waals surface area contributed by atoms with Gasteiger partial charge < -0.3 is 5.32 Å².